The maximum absolute atomic E-state index is 11.6. The van der Waals surface area contributed by atoms with Crippen molar-refractivity contribution in [1.29, 1.82) is 0 Å². The summed E-state index contributed by atoms with van der Waals surface area (Å²) in [5, 5.41) is 3.63. The Kier molecular flexibility index (Phi) is 3.09. The summed E-state index contributed by atoms with van der Waals surface area (Å²) < 4.78 is 0. The summed E-state index contributed by atoms with van der Waals surface area (Å²) in [5.74, 6) is 0.143. The van der Waals surface area contributed by atoms with E-state index in [-0.39, 0.29) is 11.1 Å². The Hall–Kier alpha value is -2.73. The zero-order chi connectivity index (χ0) is 18.0. The van der Waals surface area contributed by atoms with Crippen LogP contribution in [0.5, 0.6) is 0 Å². The predicted octanol–water partition coefficient (Wildman–Crippen LogP) is 2.80. The summed E-state index contributed by atoms with van der Waals surface area (Å²) in [5.41, 5.74) is 10.1. The Morgan fingerprint density at radius 2 is 1.84 bits per heavy atom. The second-order valence-electron chi connectivity index (χ2n) is 7.64. The third-order valence-electron chi connectivity index (χ3n) is 4.90. The first-order chi connectivity index (χ1) is 11.7. The van der Waals surface area contributed by atoms with Gasteiger partial charge in [0.1, 0.15) is 11.2 Å². The molecule has 0 bridgehead atoms. The number of aromatic amines is 1. The van der Waals surface area contributed by atoms with E-state index in [2.05, 4.69) is 54.0 Å². The van der Waals surface area contributed by atoms with Gasteiger partial charge in [0.2, 0.25) is 0 Å². The van der Waals surface area contributed by atoms with Crippen LogP contribution in [0.15, 0.2) is 30.5 Å². The Balaban J connectivity index is 1.88. The third-order valence-corrected chi connectivity index (χ3v) is 4.90. The number of imidazole rings is 1. The molecule has 0 saturated carbocycles. The van der Waals surface area contributed by atoms with Gasteiger partial charge in [0, 0.05) is 17.3 Å². The molecule has 1 aromatic carbocycles. The van der Waals surface area contributed by atoms with E-state index in [0.717, 1.165) is 11.2 Å². The summed E-state index contributed by atoms with van der Waals surface area (Å²) in [6.07, 6.45) is 1.91. The van der Waals surface area contributed by atoms with Crippen LogP contribution in [0.25, 0.3) is 22.6 Å². The molecule has 0 saturated heterocycles. The van der Waals surface area contributed by atoms with Gasteiger partial charge in [-0.2, -0.15) is 0 Å². The number of carbonyl (C=O) groups excluding carboxylic acids is 1. The number of nitrogens with two attached hydrogens (primary N) is 1. The van der Waals surface area contributed by atoms with Crippen LogP contribution in [0.2, 0.25) is 0 Å². The molecule has 3 heterocycles. The predicted molar refractivity (Wildman–Crippen MR) is 97.0 cm³/mol. The van der Waals surface area contributed by atoms with Crippen LogP contribution in [-0.4, -0.2) is 20.9 Å². The number of aromatic nitrogens is 3. The summed E-state index contributed by atoms with van der Waals surface area (Å²) in [6.45, 7) is 8.63. The van der Waals surface area contributed by atoms with Crippen LogP contribution in [0, 0.1) is 0 Å². The first kappa shape index (κ1) is 15.8. The maximum atomic E-state index is 11.6. The summed E-state index contributed by atoms with van der Waals surface area (Å²) in [6, 6.07) is 7.41. The average Bonchev–Trinajstić information content (AvgIpc) is 3.03. The van der Waals surface area contributed by atoms with E-state index in [0.29, 0.717) is 16.9 Å². The molecule has 3 aromatic rings. The molecular weight excluding hydrogens is 314 g/mol. The lowest BCUT2D eigenvalue weighted by Crippen LogP contribution is -2.39. The molecule has 0 aliphatic carbocycles. The number of para-hydroxylation sites is 1. The zero-order valence-electron chi connectivity index (χ0n) is 14.8. The molecule has 6 heteroatoms. The Morgan fingerprint density at radius 3 is 2.56 bits per heavy atom. The van der Waals surface area contributed by atoms with Gasteiger partial charge >= 0.3 is 0 Å². The molecule has 1 amide bonds. The van der Waals surface area contributed by atoms with Crippen molar-refractivity contribution in [2.45, 2.75) is 38.8 Å². The van der Waals surface area contributed by atoms with Gasteiger partial charge in [0.05, 0.1) is 11.1 Å². The molecule has 0 atom stereocenters. The summed E-state index contributed by atoms with van der Waals surface area (Å²) in [4.78, 5) is 24.0. The maximum Gasteiger partial charge on any atom is 0.250 e. The van der Waals surface area contributed by atoms with Gasteiger partial charge in [0.25, 0.3) is 5.91 Å². The van der Waals surface area contributed by atoms with E-state index < -0.39 is 5.91 Å². The molecule has 0 unspecified atom stereocenters. The van der Waals surface area contributed by atoms with Gasteiger partial charge in [0.15, 0.2) is 5.82 Å². The molecule has 0 spiro atoms. The average molecular weight is 335 g/mol. The molecule has 1 aliphatic rings. The molecule has 1 aliphatic heterocycles. The van der Waals surface area contributed by atoms with Crippen LogP contribution < -0.4 is 11.1 Å². The fraction of sp³-hybridized carbons (Fsp3) is 0.316. The van der Waals surface area contributed by atoms with E-state index >= 15 is 0 Å². The van der Waals surface area contributed by atoms with Crippen LogP contribution in [0.1, 0.15) is 49.2 Å². The topological polar surface area (TPSA) is 96.7 Å². The largest absolute Gasteiger partial charge is 0.366 e. The van der Waals surface area contributed by atoms with Crippen molar-refractivity contribution in [2.24, 2.45) is 5.73 Å². The van der Waals surface area contributed by atoms with Crippen molar-refractivity contribution in [2.75, 3.05) is 0 Å². The molecule has 25 heavy (non-hydrogen) atoms. The minimum Gasteiger partial charge on any atom is -0.366 e. The normalized spacial score (nSPS) is 17.6. The smallest absolute Gasteiger partial charge is 0.250 e. The van der Waals surface area contributed by atoms with E-state index in [1.165, 1.54) is 11.1 Å². The van der Waals surface area contributed by atoms with Gasteiger partial charge in [-0.25, -0.2) is 4.98 Å². The summed E-state index contributed by atoms with van der Waals surface area (Å²) in [7, 11) is 0. The molecule has 0 radical (unpaired) electrons. The number of benzene rings is 1. The third kappa shape index (κ3) is 2.33. The van der Waals surface area contributed by atoms with Crippen LogP contribution in [0.3, 0.4) is 0 Å². The first-order valence-electron chi connectivity index (χ1n) is 8.28. The zero-order valence-corrected chi connectivity index (χ0v) is 14.8. The Bertz CT molecular complexity index is 1020. The van der Waals surface area contributed by atoms with Gasteiger partial charge in [-0.05, 0) is 57.0 Å². The SMILES string of the molecule is CC1(C)NC(C)(C)c2cc(-c3nc4c(C(N)=O)cccc4[nH]3)ncc21. The quantitative estimate of drug-likeness (QED) is 0.671. The standard InChI is InChI=1S/C19H21N5O/c1-18(2)11-8-14(21-9-12(11)19(3,4)24-18)17-22-13-7-5-6-10(16(20)25)15(13)23-17/h5-9,24H,1-4H3,(H2,20,25)(H,22,23). The second-order valence-corrected chi connectivity index (χ2v) is 7.64. The molecule has 6 nitrogen and oxygen atoms in total. The highest BCUT2D eigenvalue weighted by Gasteiger charge is 2.41. The van der Waals surface area contributed by atoms with Crippen LogP contribution >= 0.6 is 0 Å². The number of rotatable bonds is 2. The number of primary amides is 1. The van der Waals surface area contributed by atoms with Crippen LogP contribution in [-0.2, 0) is 11.1 Å². The Morgan fingerprint density at radius 1 is 1.12 bits per heavy atom. The number of H-pyrrole nitrogens is 1. The number of fused-ring (bicyclic) bond motifs is 2. The van der Waals surface area contributed by atoms with E-state index in [1.807, 2.05) is 12.3 Å². The highest BCUT2D eigenvalue weighted by Crippen LogP contribution is 2.41. The van der Waals surface area contributed by atoms with Gasteiger partial charge in [-0.3, -0.25) is 15.1 Å². The summed E-state index contributed by atoms with van der Waals surface area (Å²) >= 11 is 0. The van der Waals surface area contributed by atoms with E-state index in [4.69, 9.17) is 5.73 Å². The Labute approximate surface area is 145 Å². The van der Waals surface area contributed by atoms with Crippen molar-refractivity contribution in [3.8, 4) is 11.5 Å². The lowest BCUT2D eigenvalue weighted by molar-refractivity contribution is 0.100. The van der Waals surface area contributed by atoms with E-state index in [1.54, 1.807) is 12.1 Å². The number of hydrogen-bond acceptors (Lipinski definition) is 4. The lowest BCUT2D eigenvalue weighted by atomic mass is 9.92. The van der Waals surface area contributed by atoms with Crippen molar-refractivity contribution >= 4 is 16.9 Å². The van der Waals surface area contributed by atoms with Crippen molar-refractivity contribution in [3.63, 3.8) is 0 Å². The fourth-order valence-electron chi connectivity index (χ4n) is 3.87. The minimum absolute atomic E-state index is 0.128. The van der Waals surface area contributed by atoms with Gasteiger partial charge < -0.3 is 10.7 Å². The fourth-order valence-corrected chi connectivity index (χ4v) is 3.87. The number of nitrogens with one attached hydrogen (secondary N) is 2. The molecule has 128 valence electrons. The molecule has 0 fully saturated rings. The number of hydrogen-bond donors (Lipinski definition) is 3. The number of amides is 1. The molecule has 2 aromatic heterocycles. The number of carbonyl (C=O) groups is 1. The molecular formula is C19H21N5O. The monoisotopic (exact) mass is 335 g/mol. The second kappa shape index (κ2) is 4.89. The number of pyridine rings is 1. The van der Waals surface area contributed by atoms with Crippen molar-refractivity contribution in [3.05, 3.63) is 47.2 Å². The van der Waals surface area contributed by atoms with Crippen LogP contribution in [0.4, 0.5) is 0 Å². The lowest BCUT2D eigenvalue weighted by Gasteiger charge is -2.25. The molecule has 4 rings (SSSR count). The minimum atomic E-state index is -0.488. The van der Waals surface area contributed by atoms with E-state index in [9.17, 15) is 4.79 Å². The molecule has 4 N–H and O–H groups in total. The van der Waals surface area contributed by atoms with Gasteiger partial charge in [-0.1, -0.05) is 6.07 Å². The highest BCUT2D eigenvalue weighted by atomic mass is 16.1. The van der Waals surface area contributed by atoms with Gasteiger partial charge in [-0.15, -0.1) is 0 Å². The van der Waals surface area contributed by atoms with Crippen molar-refractivity contribution < 1.29 is 4.79 Å². The number of nitrogens with zero attached hydrogens (tertiary/aromatic N) is 2. The van der Waals surface area contributed by atoms with Crippen molar-refractivity contribution in [1.82, 2.24) is 20.3 Å². The highest BCUT2D eigenvalue weighted by molar-refractivity contribution is 6.04. The first-order valence-corrected chi connectivity index (χ1v) is 8.28.